The van der Waals surface area contributed by atoms with Crippen LogP contribution in [0.2, 0.25) is 0 Å². The van der Waals surface area contributed by atoms with Gasteiger partial charge in [0, 0.05) is 12.1 Å². The van der Waals surface area contributed by atoms with Gasteiger partial charge in [-0.25, -0.2) is 0 Å². The summed E-state index contributed by atoms with van der Waals surface area (Å²) in [7, 11) is 0. The quantitative estimate of drug-likeness (QED) is 0.524. The van der Waals surface area contributed by atoms with Crippen molar-refractivity contribution in [2.45, 2.75) is 39.8 Å². The number of hydrogen-bond donors (Lipinski definition) is 0. The molecule has 0 N–H and O–H groups in total. The summed E-state index contributed by atoms with van der Waals surface area (Å²) in [5, 5.41) is 0. The first kappa shape index (κ1) is 12.7. The van der Waals surface area contributed by atoms with E-state index in [9.17, 15) is 0 Å². The number of terminal acetylenes is 2. The molecule has 0 aliphatic heterocycles. The van der Waals surface area contributed by atoms with Gasteiger partial charge in [0.05, 0.1) is 0 Å². The molecule has 0 unspecified atom stereocenters. The van der Waals surface area contributed by atoms with Gasteiger partial charge >= 0.3 is 0 Å². The van der Waals surface area contributed by atoms with Crippen LogP contribution in [-0.4, -0.2) is 16.8 Å². The predicted octanol–water partition coefficient (Wildman–Crippen LogP) is 2.68. The summed E-state index contributed by atoms with van der Waals surface area (Å²) in [5.74, 6) is 0. The molecule has 0 aromatic heterocycles. The minimum atomic E-state index is -2.18. The molecule has 0 heterocycles. The van der Waals surface area contributed by atoms with Crippen LogP contribution in [0.3, 0.4) is 0 Å². The van der Waals surface area contributed by atoms with E-state index in [1.165, 1.54) is 0 Å². The van der Waals surface area contributed by atoms with E-state index < -0.39 is 6.19 Å². The summed E-state index contributed by atoms with van der Waals surface area (Å²) in [6.45, 7) is 8.26. The number of rotatable bonds is 3. The minimum absolute atomic E-state index is 0.304. The minimum Gasteiger partial charge on any atom is -0.251 e. The summed E-state index contributed by atoms with van der Waals surface area (Å²) in [6.07, 6.45) is 8.63. The molecular formula is C10H16NPS. The molecule has 0 saturated heterocycles. The van der Waals surface area contributed by atoms with Gasteiger partial charge in [-0.05, 0) is 39.0 Å². The number of nitrogens with zero attached hydrogens (tertiary/aromatic N) is 1. The van der Waals surface area contributed by atoms with Crippen LogP contribution >= 0.6 is 6.19 Å². The molecule has 1 nitrogen and oxygen atoms in total. The summed E-state index contributed by atoms with van der Waals surface area (Å²) in [5.41, 5.74) is 5.21. The molecule has 0 saturated carbocycles. The fourth-order valence-corrected chi connectivity index (χ4v) is 4.19. The van der Waals surface area contributed by atoms with Crippen molar-refractivity contribution in [2.24, 2.45) is 0 Å². The Hall–Kier alpha value is -0.270. The Kier molecular flexibility index (Phi) is 4.72. The Morgan fingerprint density at radius 3 is 1.46 bits per heavy atom. The maximum absolute atomic E-state index is 5.41. The van der Waals surface area contributed by atoms with Crippen LogP contribution in [0.1, 0.15) is 27.7 Å². The Morgan fingerprint density at radius 2 is 1.38 bits per heavy atom. The zero-order valence-corrected chi connectivity index (χ0v) is 10.3. The zero-order chi connectivity index (χ0) is 10.6. The van der Waals surface area contributed by atoms with Gasteiger partial charge < -0.3 is 0 Å². The van der Waals surface area contributed by atoms with Gasteiger partial charge in [0.15, 0.2) is 6.19 Å². The third-order valence-electron chi connectivity index (χ3n) is 1.73. The largest absolute Gasteiger partial charge is 0.251 e. The predicted molar refractivity (Wildman–Crippen MR) is 64.1 cm³/mol. The normalized spacial score (nSPS) is 11.8. The third-order valence-corrected chi connectivity index (χ3v) is 5.21. The maximum atomic E-state index is 5.41. The molecule has 0 aliphatic rings. The van der Waals surface area contributed by atoms with Crippen molar-refractivity contribution in [3.8, 4) is 24.2 Å². The van der Waals surface area contributed by atoms with Gasteiger partial charge in [-0.15, -0.1) is 12.8 Å². The average Bonchev–Trinajstić information content (AvgIpc) is 2.02. The Labute approximate surface area is 87.0 Å². The van der Waals surface area contributed by atoms with E-state index in [1.807, 2.05) is 0 Å². The van der Waals surface area contributed by atoms with Crippen molar-refractivity contribution >= 4 is 18.0 Å². The first-order valence-corrected chi connectivity index (χ1v) is 6.99. The molecule has 0 radical (unpaired) electrons. The summed E-state index contributed by atoms with van der Waals surface area (Å²) in [6, 6.07) is 0.607. The highest BCUT2D eigenvalue weighted by molar-refractivity contribution is 8.18. The smallest absolute Gasteiger partial charge is 0.152 e. The molecule has 0 aliphatic carbocycles. The summed E-state index contributed by atoms with van der Waals surface area (Å²) in [4.78, 5) is 0. The van der Waals surface area contributed by atoms with Gasteiger partial charge in [-0.1, -0.05) is 11.8 Å². The van der Waals surface area contributed by atoms with Crippen molar-refractivity contribution in [3.05, 3.63) is 0 Å². The SMILES string of the molecule is C#CP(=S)(C#C)N(C(C)C)C(C)C. The lowest BCUT2D eigenvalue weighted by Crippen LogP contribution is -2.33. The van der Waals surface area contributed by atoms with E-state index >= 15 is 0 Å². The highest BCUT2D eigenvalue weighted by Gasteiger charge is 2.26. The van der Waals surface area contributed by atoms with Gasteiger partial charge in [0.1, 0.15) is 0 Å². The lowest BCUT2D eigenvalue weighted by atomic mass is 10.3. The van der Waals surface area contributed by atoms with Crippen LogP contribution in [0.4, 0.5) is 0 Å². The Morgan fingerprint density at radius 1 is 1.08 bits per heavy atom. The summed E-state index contributed by atoms with van der Waals surface area (Å²) >= 11 is 5.34. The van der Waals surface area contributed by atoms with E-state index in [-0.39, 0.29) is 0 Å². The summed E-state index contributed by atoms with van der Waals surface area (Å²) < 4.78 is 2.09. The molecule has 0 amide bonds. The lowest BCUT2D eigenvalue weighted by molar-refractivity contribution is 0.327. The van der Waals surface area contributed by atoms with Gasteiger partial charge in [-0.3, -0.25) is 4.67 Å². The second-order valence-electron chi connectivity index (χ2n) is 3.40. The molecule has 0 spiro atoms. The zero-order valence-electron chi connectivity index (χ0n) is 8.61. The van der Waals surface area contributed by atoms with Gasteiger partial charge in [-0.2, -0.15) is 0 Å². The Bertz CT molecular complexity index is 267. The van der Waals surface area contributed by atoms with Crippen molar-refractivity contribution in [3.63, 3.8) is 0 Å². The maximum Gasteiger partial charge on any atom is 0.152 e. The van der Waals surface area contributed by atoms with Crippen LogP contribution < -0.4 is 0 Å². The van der Waals surface area contributed by atoms with E-state index in [4.69, 9.17) is 24.7 Å². The monoisotopic (exact) mass is 213 g/mol. The molecule has 0 bridgehead atoms. The molecule has 3 heteroatoms. The Balaban J connectivity index is 5.11. The highest BCUT2D eigenvalue weighted by Crippen LogP contribution is 2.50. The van der Waals surface area contributed by atoms with Gasteiger partial charge in [0.25, 0.3) is 0 Å². The topological polar surface area (TPSA) is 3.24 Å². The van der Waals surface area contributed by atoms with Crippen molar-refractivity contribution in [1.29, 1.82) is 0 Å². The van der Waals surface area contributed by atoms with Crippen molar-refractivity contribution in [2.75, 3.05) is 0 Å². The molecule has 0 rings (SSSR count). The third kappa shape index (κ3) is 2.85. The van der Waals surface area contributed by atoms with Crippen molar-refractivity contribution < 1.29 is 0 Å². The van der Waals surface area contributed by atoms with E-state index in [1.54, 1.807) is 0 Å². The molecular weight excluding hydrogens is 197 g/mol. The molecule has 0 fully saturated rings. The van der Waals surface area contributed by atoms with Crippen molar-refractivity contribution in [1.82, 2.24) is 4.67 Å². The van der Waals surface area contributed by atoms with E-state index in [2.05, 4.69) is 43.7 Å². The van der Waals surface area contributed by atoms with E-state index in [0.29, 0.717) is 12.1 Å². The fourth-order valence-electron chi connectivity index (χ4n) is 1.42. The van der Waals surface area contributed by atoms with Crippen LogP contribution in [0, 0.1) is 24.2 Å². The first-order valence-electron chi connectivity index (χ1n) is 4.23. The standard InChI is InChI=1S/C10H16NPS/c1-7-12(13,8-2)11(9(3)4)10(5)6/h1-2,9-10H,3-6H3. The molecule has 72 valence electrons. The second-order valence-corrected chi connectivity index (χ2v) is 7.12. The first-order chi connectivity index (χ1) is 5.89. The van der Waals surface area contributed by atoms with Crippen LogP contribution in [0.5, 0.6) is 0 Å². The van der Waals surface area contributed by atoms with E-state index in [0.717, 1.165) is 0 Å². The van der Waals surface area contributed by atoms with Crippen LogP contribution in [0.15, 0.2) is 0 Å². The molecule has 13 heavy (non-hydrogen) atoms. The van der Waals surface area contributed by atoms with Gasteiger partial charge in [0.2, 0.25) is 0 Å². The highest BCUT2D eigenvalue weighted by atomic mass is 32.4. The average molecular weight is 213 g/mol. The van der Waals surface area contributed by atoms with Crippen LogP contribution in [0.25, 0.3) is 0 Å². The lowest BCUT2D eigenvalue weighted by Gasteiger charge is -2.34. The fraction of sp³-hybridized carbons (Fsp3) is 0.600. The molecule has 0 aromatic carbocycles. The van der Waals surface area contributed by atoms with Crippen LogP contribution in [-0.2, 0) is 11.8 Å². The number of hydrogen-bond acceptors (Lipinski definition) is 1. The molecule has 0 aromatic rings. The molecule has 0 atom stereocenters. The second kappa shape index (κ2) is 4.83.